The molecule has 0 spiro atoms. The summed E-state index contributed by atoms with van der Waals surface area (Å²) in [5, 5.41) is 0.911. The Hall–Kier alpha value is -1.18. The molecule has 0 aromatic heterocycles. The third-order valence-electron chi connectivity index (χ3n) is 3.35. The fraction of sp³-hybridized carbons (Fsp3) is 0. The topological polar surface area (TPSA) is 37.4 Å². The standard InChI is InChI=1S/C17H8BrCl2NO2S2/c18-12-4-2-1-3-11(12)15(22)21-16(23)14(25-17(21)24)7-9-5-6-10(19)8-13(9)20/h1-8H. The molecule has 1 saturated heterocycles. The number of carbonyl (C=O) groups is 2. The number of nitrogens with zero attached hydrogens (tertiary/aromatic N) is 1. The molecule has 0 saturated carbocycles. The van der Waals surface area contributed by atoms with Gasteiger partial charge >= 0.3 is 0 Å². The van der Waals surface area contributed by atoms with Gasteiger partial charge in [-0.25, -0.2) is 4.90 Å². The monoisotopic (exact) mass is 471 g/mol. The number of rotatable bonds is 2. The van der Waals surface area contributed by atoms with Gasteiger partial charge in [0.15, 0.2) is 4.32 Å². The first-order valence-corrected chi connectivity index (χ1v) is 9.67. The molecule has 2 aromatic carbocycles. The summed E-state index contributed by atoms with van der Waals surface area (Å²) in [4.78, 5) is 26.7. The SMILES string of the molecule is O=C1C(=Cc2ccc(Cl)cc2Cl)SC(=S)N1C(=O)c1ccccc1Br. The van der Waals surface area contributed by atoms with Crippen molar-refractivity contribution in [2.75, 3.05) is 0 Å². The Bertz CT molecular complexity index is 946. The van der Waals surface area contributed by atoms with Crippen molar-refractivity contribution in [3.05, 3.63) is 73.0 Å². The van der Waals surface area contributed by atoms with Crippen molar-refractivity contribution in [2.24, 2.45) is 0 Å². The highest BCUT2D eigenvalue weighted by molar-refractivity contribution is 9.10. The van der Waals surface area contributed by atoms with Crippen LogP contribution < -0.4 is 0 Å². The number of benzene rings is 2. The van der Waals surface area contributed by atoms with Crippen molar-refractivity contribution in [2.45, 2.75) is 0 Å². The van der Waals surface area contributed by atoms with E-state index < -0.39 is 11.8 Å². The molecule has 0 aliphatic carbocycles. The van der Waals surface area contributed by atoms with Crippen molar-refractivity contribution in [3.8, 4) is 0 Å². The van der Waals surface area contributed by atoms with E-state index in [9.17, 15) is 9.59 Å². The fourth-order valence-corrected chi connectivity index (χ4v) is 4.32. The maximum Gasteiger partial charge on any atom is 0.273 e. The lowest BCUT2D eigenvalue weighted by Crippen LogP contribution is -2.34. The highest BCUT2D eigenvalue weighted by Crippen LogP contribution is 2.35. The van der Waals surface area contributed by atoms with E-state index in [-0.39, 0.29) is 4.32 Å². The lowest BCUT2D eigenvalue weighted by Gasteiger charge is -2.13. The second-order valence-electron chi connectivity index (χ2n) is 4.97. The Balaban J connectivity index is 1.94. The van der Waals surface area contributed by atoms with Gasteiger partial charge in [0, 0.05) is 14.5 Å². The van der Waals surface area contributed by atoms with Crippen LogP contribution in [0.3, 0.4) is 0 Å². The molecule has 0 atom stereocenters. The number of imide groups is 1. The zero-order valence-corrected chi connectivity index (χ0v) is 17.1. The first kappa shape index (κ1) is 18.6. The highest BCUT2D eigenvalue weighted by Gasteiger charge is 2.37. The maximum atomic E-state index is 12.7. The van der Waals surface area contributed by atoms with Crippen molar-refractivity contribution < 1.29 is 9.59 Å². The number of thiocarbonyl (C=S) groups is 1. The molecule has 3 rings (SSSR count). The summed E-state index contributed by atoms with van der Waals surface area (Å²) in [6, 6.07) is 11.8. The zero-order chi connectivity index (χ0) is 18.1. The number of amides is 2. The van der Waals surface area contributed by atoms with Crippen LogP contribution in [-0.4, -0.2) is 21.0 Å². The van der Waals surface area contributed by atoms with Crippen LogP contribution in [0.5, 0.6) is 0 Å². The molecule has 1 fully saturated rings. The molecule has 3 nitrogen and oxygen atoms in total. The second-order valence-corrected chi connectivity index (χ2v) is 8.34. The zero-order valence-electron chi connectivity index (χ0n) is 12.3. The van der Waals surface area contributed by atoms with Gasteiger partial charge in [-0.3, -0.25) is 9.59 Å². The summed E-state index contributed by atoms with van der Waals surface area (Å²) in [6.45, 7) is 0. The van der Waals surface area contributed by atoms with E-state index in [0.29, 0.717) is 30.6 Å². The Morgan fingerprint density at radius 1 is 1.20 bits per heavy atom. The molecule has 25 heavy (non-hydrogen) atoms. The summed E-state index contributed by atoms with van der Waals surface area (Å²) in [6.07, 6.45) is 1.60. The van der Waals surface area contributed by atoms with E-state index in [1.54, 1.807) is 48.5 Å². The second kappa shape index (κ2) is 7.60. The fourth-order valence-electron chi connectivity index (χ4n) is 2.16. The lowest BCUT2D eigenvalue weighted by molar-refractivity contribution is -0.120. The van der Waals surface area contributed by atoms with Gasteiger partial charge in [-0.05, 0) is 51.8 Å². The Kier molecular flexibility index (Phi) is 5.65. The molecule has 0 unspecified atom stereocenters. The maximum absolute atomic E-state index is 12.7. The van der Waals surface area contributed by atoms with E-state index in [0.717, 1.165) is 16.7 Å². The van der Waals surface area contributed by atoms with Crippen LogP contribution in [0.1, 0.15) is 15.9 Å². The van der Waals surface area contributed by atoms with Gasteiger partial charge in [-0.15, -0.1) is 0 Å². The van der Waals surface area contributed by atoms with Crippen molar-refractivity contribution in [1.82, 2.24) is 4.90 Å². The number of hydrogen-bond acceptors (Lipinski definition) is 4. The summed E-state index contributed by atoms with van der Waals surface area (Å²) in [5.74, 6) is -0.942. The first-order valence-electron chi connectivity index (χ1n) is 6.90. The smallest absolute Gasteiger partial charge is 0.268 e. The average molecular weight is 473 g/mol. The van der Waals surface area contributed by atoms with E-state index in [1.807, 2.05) is 0 Å². The summed E-state index contributed by atoms with van der Waals surface area (Å²) < 4.78 is 0.779. The predicted octanol–water partition coefficient (Wildman–Crippen LogP) is 5.80. The van der Waals surface area contributed by atoms with Gasteiger partial charge in [-0.1, -0.05) is 65.4 Å². The molecular formula is C17H8BrCl2NO2S2. The first-order chi connectivity index (χ1) is 11.9. The largest absolute Gasteiger partial charge is 0.273 e. The summed E-state index contributed by atoms with van der Waals surface area (Å²) >= 11 is 21.6. The third kappa shape index (κ3) is 3.83. The molecule has 2 amide bonds. The Morgan fingerprint density at radius 3 is 2.60 bits per heavy atom. The Labute approximate surface area is 172 Å². The molecule has 1 heterocycles. The quantitative estimate of drug-likeness (QED) is 0.314. The minimum absolute atomic E-state index is 0.182. The molecule has 8 heteroatoms. The Morgan fingerprint density at radius 2 is 1.92 bits per heavy atom. The van der Waals surface area contributed by atoms with E-state index in [4.69, 9.17) is 35.4 Å². The van der Waals surface area contributed by atoms with Crippen LogP contribution in [0, 0.1) is 0 Å². The van der Waals surface area contributed by atoms with Gasteiger partial charge in [0.05, 0.1) is 10.5 Å². The third-order valence-corrected chi connectivity index (χ3v) is 5.91. The van der Waals surface area contributed by atoms with Crippen molar-refractivity contribution in [1.29, 1.82) is 0 Å². The highest BCUT2D eigenvalue weighted by atomic mass is 79.9. The molecule has 126 valence electrons. The van der Waals surface area contributed by atoms with E-state index >= 15 is 0 Å². The van der Waals surface area contributed by atoms with Crippen LogP contribution in [-0.2, 0) is 4.79 Å². The number of halogens is 3. The molecule has 0 radical (unpaired) electrons. The van der Waals surface area contributed by atoms with Crippen molar-refractivity contribution >= 4 is 85.3 Å². The van der Waals surface area contributed by atoms with Gasteiger partial charge in [0.2, 0.25) is 0 Å². The van der Waals surface area contributed by atoms with Crippen LogP contribution in [0.4, 0.5) is 0 Å². The average Bonchev–Trinajstić information content (AvgIpc) is 2.84. The van der Waals surface area contributed by atoms with Crippen LogP contribution in [0.2, 0.25) is 10.0 Å². The van der Waals surface area contributed by atoms with Gasteiger partial charge < -0.3 is 0 Å². The van der Waals surface area contributed by atoms with E-state index in [2.05, 4.69) is 15.9 Å². The van der Waals surface area contributed by atoms with Crippen molar-refractivity contribution in [3.63, 3.8) is 0 Å². The van der Waals surface area contributed by atoms with Crippen LogP contribution in [0.15, 0.2) is 51.8 Å². The van der Waals surface area contributed by atoms with Crippen LogP contribution >= 0.6 is 63.1 Å². The summed E-state index contributed by atoms with van der Waals surface area (Å²) in [5.41, 5.74) is 0.990. The number of carbonyl (C=O) groups excluding carboxylic acids is 2. The minimum atomic E-state index is -0.472. The normalized spacial score (nSPS) is 16.0. The molecule has 1 aliphatic rings. The predicted molar refractivity (Wildman–Crippen MR) is 110 cm³/mol. The van der Waals surface area contributed by atoms with Crippen LogP contribution in [0.25, 0.3) is 6.08 Å². The number of thioether (sulfide) groups is 1. The lowest BCUT2D eigenvalue weighted by atomic mass is 10.2. The van der Waals surface area contributed by atoms with Gasteiger partial charge in [0.25, 0.3) is 11.8 Å². The van der Waals surface area contributed by atoms with Gasteiger partial charge in [-0.2, -0.15) is 0 Å². The molecule has 2 aromatic rings. The molecule has 0 N–H and O–H groups in total. The van der Waals surface area contributed by atoms with E-state index in [1.165, 1.54) is 0 Å². The molecule has 0 bridgehead atoms. The minimum Gasteiger partial charge on any atom is -0.268 e. The molecular weight excluding hydrogens is 465 g/mol. The number of hydrogen-bond donors (Lipinski definition) is 0. The molecule has 1 aliphatic heterocycles. The van der Waals surface area contributed by atoms with Gasteiger partial charge in [0.1, 0.15) is 0 Å². The summed E-state index contributed by atoms with van der Waals surface area (Å²) in [7, 11) is 0.